The molecule has 3 heterocycles. The molecule has 2 bridgehead atoms. The molecule has 3 rings (SSSR count). The van der Waals surface area contributed by atoms with Gasteiger partial charge in [-0.1, -0.05) is 38.8 Å². The first kappa shape index (κ1) is 9.47. The van der Waals surface area contributed by atoms with Gasteiger partial charge >= 0.3 is 0 Å². The average molecular weight is 297 g/mol. The van der Waals surface area contributed by atoms with E-state index < -0.39 is 0 Å². The number of alkyl halides is 2. The van der Waals surface area contributed by atoms with E-state index in [-0.39, 0.29) is 4.45 Å². The number of hydrogen-bond acceptors (Lipinski definition) is 1. The summed E-state index contributed by atoms with van der Waals surface area (Å²) in [6.07, 6.45) is 3.95. The Morgan fingerprint density at radius 3 is 2.33 bits per heavy atom. The largest absolute Gasteiger partial charge is 0.287 e. The van der Waals surface area contributed by atoms with Gasteiger partial charge in [0.15, 0.2) is 0 Å². The molecular formula is C9H15Br2N. The Hall–Kier alpha value is 0.920. The Balaban J connectivity index is 2.23. The maximum atomic E-state index is 3.90. The molecule has 0 aromatic heterocycles. The van der Waals surface area contributed by atoms with Crippen LogP contribution in [0, 0.1) is 5.92 Å². The van der Waals surface area contributed by atoms with Crippen molar-refractivity contribution >= 4 is 31.9 Å². The molecular weight excluding hydrogens is 282 g/mol. The Bertz CT molecular complexity index is 173. The van der Waals surface area contributed by atoms with E-state index in [2.05, 4.69) is 43.7 Å². The first-order chi connectivity index (χ1) is 5.68. The van der Waals surface area contributed by atoms with Gasteiger partial charge in [-0.25, -0.2) is 0 Å². The molecule has 70 valence electrons. The van der Waals surface area contributed by atoms with Crippen molar-refractivity contribution in [2.45, 2.75) is 35.5 Å². The summed E-state index contributed by atoms with van der Waals surface area (Å²) in [6.45, 7) is 4.83. The van der Waals surface area contributed by atoms with Crippen LogP contribution >= 0.6 is 31.9 Å². The molecule has 3 aliphatic heterocycles. The van der Waals surface area contributed by atoms with Crippen LogP contribution in [0.2, 0.25) is 0 Å². The summed E-state index contributed by atoms with van der Waals surface area (Å²) in [5, 5.41) is 0. The van der Waals surface area contributed by atoms with E-state index in [9.17, 15) is 0 Å². The summed E-state index contributed by atoms with van der Waals surface area (Å²) in [7, 11) is 0. The van der Waals surface area contributed by atoms with Crippen molar-refractivity contribution < 1.29 is 0 Å². The smallest absolute Gasteiger partial charge is 0.0893 e. The fourth-order valence-corrected chi connectivity index (χ4v) is 4.39. The van der Waals surface area contributed by atoms with Gasteiger partial charge in [0, 0.05) is 4.83 Å². The van der Waals surface area contributed by atoms with Gasteiger partial charge in [-0.15, -0.1) is 0 Å². The minimum Gasteiger partial charge on any atom is -0.287 e. The van der Waals surface area contributed by atoms with Crippen molar-refractivity contribution in [3.8, 4) is 0 Å². The third kappa shape index (κ3) is 1.20. The molecule has 2 unspecified atom stereocenters. The molecule has 1 nitrogen and oxygen atoms in total. The summed E-state index contributed by atoms with van der Waals surface area (Å²) in [5.74, 6) is 0.898. The molecule has 0 amide bonds. The van der Waals surface area contributed by atoms with Gasteiger partial charge in [0.2, 0.25) is 0 Å². The highest BCUT2D eigenvalue weighted by molar-refractivity contribution is 9.12. The normalized spacial score (nSPS) is 52.8. The zero-order valence-corrected chi connectivity index (χ0v) is 10.6. The summed E-state index contributed by atoms with van der Waals surface area (Å²) >= 11 is 7.74. The number of halogens is 2. The van der Waals surface area contributed by atoms with Crippen LogP contribution in [0.4, 0.5) is 0 Å². The van der Waals surface area contributed by atoms with E-state index in [0.29, 0.717) is 4.83 Å². The van der Waals surface area contributed by atoms with E-state index in [1.54, 1.807) is 0 Å². The van der Waals surface area contributed by atoms with Crippen LogP contribution in [0.25, 0.3) is 0 Å². The molecule has 0 saturated carbocycles. The fraction of sp³-hybridized carbons (Fsp3) is 1.00. The molecule has 0 aromatic rings. The van der Waals surface area contributed by atoms with Crippen LogP contribution in [0.1, 0.15) is 26.2 Å². The molecule has 2 atom stereocenters. The number of rotatable bonds is 1. The van der Waals surface area contributed by atoms with Crippen molar-refractivity contribution in [1.82, 2.24) is 4.90 Å². The Kier molecular flexibility index (Phi) is 2.56. The number of hydrogen-bond donors (Lipinski definition) is 0. The molecule has 3 saturated heterocycles. The van der Waals surface area contributed by atoms with Crippen molar-refractivity contribution in [3.63, 3.8) is 0 Å². The highest BCUT2D eigenvalue weighted by Crippen LogP contribution is 2.48. The predicted octanol–water partition coefficient (Wildman–Crippen LogP) is 2.98. The van der Waals surface area contributed by atoms with Crippen molar-refractivity contribution in [2.75, 3.05) is 13.1 Å². The molecule has 0 N–H and O–H groups in total. The lowest BCUT2D eigenvalue weighted by atomic mass is 9.82. The summed E-state index contributed by atoms with van der Waals surface area (Å²) < 4.78 is 0.258. The van der Waals surface area contributed by atoms with Crippen LogP contribution in [0.5, 0.6) is 0 Å². The minimum atomic E-state index is 0.258. The van der Waals surface area contributed by atoms with E-state index >= 15 is 0 Å². The standard InChI is InChI=1S/C9H15Br2N/c1-2-9(11)8(10)7-3-5-12(9)6-4-7/h7-8H,2-6H2,1H3. The van der Waals surface area contributed by atoms with Gasteiger partial charge < -0.3 is 0 Å². The van der Waals surface area contributed by atoms with Gasteiger partial charge in [0.1, 0.15) is 0 Å². The van der Waals surface area contributed by atoms with Gasteiger partial charge in [0.05, 0.1) is 4.45 Å². The number of piperidine rings is 3. The lowest BCUT2D eigenvalue weighted by molar-refractivity contribution is 0.0403. The first-order valence-electron chi connectivity index (χ1n) is 4.76. The van der Waals surface area contributed by atoms with Crippen LogP contribution < -0.4 is 0 Å². The molecule has 3 fully saturated rings. The summed E-state index contributed by atoms with van der Waals surface area (Å²) in [6, 6.07) is 0. The van der Waals surface area contributed by atoms with E-state index in [4.69, 9.17) is 0 Å². The molecule has 12 heavy (non-hydrogen) atoms. The number of fused-ring (bicyclic) bond motifs is 3. The monoisotopic (exact) mass is 295 g/mol. The van der Waals surface area contributed by atoms with Crippen molar-refractivity contribution in [3.05, 3.63) is 0 Å². The van der Waals surface area contributed by atoms with Crippen LogP contribution in [-0.4, -0.2) is 27.3 Å². The predicted molar refractivity (Wildman–Crippen MR) is 59.0 cm³/mol. The van der Waals surface area contributed by atoms with Gasteiger partial charge in [-0.3, -0.25) is 4.90 Å². The second kappa shape index (κ2) is 3.25. The van der Waals surface area contributed by atoms with Gasteiger partial charge in [0.25, 0.3) is 0 Å². The average Bonchev–Trinajstić information content (AvgIpc) is 2.14. The minimum absolute atomic E-state index is 0.258. The lowest BCUT2D eigenvalue weighted by Crippen LogP contribution is -2.61. The molecule has 0 aromatic carbocycles. The second-order valence-corrected chi connectivity index (χ2v) is 6.26. The van der Waals surface area contributed by atoms with Gasteiger partial charge in [-0.2, -0.15) is 0 Å². The van der Waals surface area contributed by atoms with E-state index in [1.165, 1.54) is 32.4 Å². The van der Waals surface area contributed by atoms with Crippen LogP contribution in [0.15, 0.2) is 0 Å². The first-order valence-corrected chi connectivity index (χ1v) is 6.47. The SMILES string of the molecule is CCC1(Br)C(Br)C2CCN1CC2. The second-order valence-electron chi connectivity index (χ2n) is 3.90. The fourth-order valence-electron chi connectivity index (χ4n) is 2.52. The molecule has 3 heteroatoms. The van der Waals surface area contributed by atoms with Gasteiger partial charge in [-0.05, 0) is 38.3 Å². The topological polar surface area (TPSA) is 3.24 Å². The quantitative estimate of drug-likeness (QED) is 0.531. The summed E-state index contributed by atoms with van der Waals surface area (Å²) in [5.41, 5.74) is 0. The van der Waals surface area contributed by atoms with Crippen LogP contribution in [-0.2, 0) is 0 Å². The number of nitrogens with zero attached hydrogens (tertiary/aromatic N) is 1. The van der Waals surface area contributed by atoms with Crippen LogP contribution in [0.3, 0.4) is 0 Å². The molecule has 3 aliphatic rings. The highest BCUT2D eigenvalue weighted by atomic mass is 79.9. The third-order valence-electron chi connectivity index (χ3n) is 3.40. The van der Waals surface area contributed by atoms with Crippen molar-refractivity contribution in [2.24, 2.45) is 5.92 Å². The summed E-state index contributed by atoms with van der Waals surface area (Å²) in [4.78, 5) is 3.24. The lowest BCUT2D eigenvalue weighted by Gasteiger charge is -2.54. The Morgan fingerprint density at radius 1 is 1.42 bits per heavy atom. The Morgan fingerprint density at radius 2 is 2.00 bits per heavy atom. The maximum absolute atomic E-state index is 3.90. The van der Waals surface area contributed by atoms with Crippen molar-refractivity contribution in [1.29, 1.82) is 0 Å². The third-order valence-corrected chi connectivity index (χ3v) is 7.07. The highest BCUT2D eigenvalue weighted by Gasteiger charge is 2.49. The van der Waals surface area contributed by atoms with E-state index in [0.717, 1.165) is 5.92 Å². The Labute approximate surface area is 91.1 Å². The zero-order valence-electron chi connectivity index (χ0n) is 7.39. The molecule has 0 aliphatic carbocycles. The zero-order chi connectivity index (χ0) is 8.77. The molecule has 0 radical (unpaired) electrons. The molecule has 0 spiro atoms. The maximum Gasteiger partial charge on any atom is 0.0893 e. The van der Waals surface area contributed by atoms with E-state index in [1.807, 2.05) is 0 Å².